The van der Waals surface area contributed by atoms with Gasteiger partial charge in [-0.15, -0.1) is 0 Å². The van der Waals surface area contributed by atoms with Crippen molar-refractivity contribution < 1.29 is 8.78 Å². The van der Waals surface area contributed by atoms with Gasteiger partial charge in [0.1, 0.15) is 11.6 Å². The van der Waals surface area contributed by atoms with E-state index < -0.39 is 11.6 Å². The summed E-state index contributed by atoms with van der Waals surface area (Å²) < 4.78 is 28.5. The number of guanidine groups is 1. The first-order valence-electron chi connectivity index (χ1n) is 7.55. The van der Waals surface area contributed by atoms with Crippen LogP contribution in [0, 0.1) is 11.6 Å². The lowest BCUT2D eigenvalue weighted by Gasteiger charge is -2.12. The van der Waals surface area contributed by atoms with Crippen LogP contribution in [-0.2, 0) is 13.0 Å². The van der Waals surface area contributed by atoms with Gasteiger partial charge < -0.3 is 10.6 Å². The van der Waals surface area contributed by atoms with Gasteiger partial charge >= 0.3 is 0 Å². The molecule has 0 aliphatic rings. The number of hydrogen-bond donors (Lipinski definition) is 2. The van der Waals surface area contributed by atoms with Crippen molar-refractivity contribution >= 4 is 5.96 Å². The second-order valence-corrected chi connectivity index (χ2v) is 5.03. The van der Waals surface area contributed by atoms with Crippen LogP contribution >= 0.6 is 0 Å². The smallest absolute Gasteiger partial charge is 0.190 e. The van der Waals surface area contributed by atoms with Crippen molar-refractivity contribution in [1.82, 2.24) is 20.4 Å². The molecule has 7 heteroatoms. The predicted molar refractivity (Wildman–Crippen MR) is 86.3 cm³/mol. The molecular weight excluding hydrogens is 300 g/mol. The molecule has 0 spiro atoms. The lowest BCUT2D eigenvalue weighted by molar-refractivity contribution is 0.569. The fourth-order valence-electron chi connectivity index (χ4n) is 2.15. The van der Waals surface area contributed by atoms with Crippen LogP contribution in [0.5, 0.6) is 0 Å². The molecule has 0 unspecified atom stereocenters. The molecule has 2 rings (SSSR count). The van der Waals surface area contributed by atoms with E-state index in [1.807, 2.05) is 16.9 Å². The molecule has 2 aromatic rings. The van der Waals surface area contributed by atoms with Crippen LogP contribution in [0.1, 0.15) is 12.0 Å². The van der Waals surface area contributed by atoms with Crippen molar-refractivity contribution in [3.8, 4) is 0 Å². The van der Waals surface area contributed by atoms with Gasteiger partial charge in [0.15, 0.2) is 5.96 Å². The minimum atomic E-state index is -0.428. The number of aryl methyl sites for hydroxylation is 1. The van der Waals surface area contributed by atoms with Crippen LogP contribution in [0.25, 0.3) is 0 Å². The molecule has 0 aliphatic heterocycles. The number of hydrogen-bond acceptors (Lipinski definition) is 2. The maximum absolute atomic E-state index is 13.5. The Bertz CT molecular complexity index is 625. The highest BCUT2D eigenvalue weighted by Crippen LogP contribution is 2.09. The summed E-state index contributed by atoms with van der Waals surface area (Å²) in [7, 11) is 1.67. The molecule has 0 saturated heterocycles. The second-order valence-electron chi connectivity index (χ2n) is 5.03. The van der Waals surface area contributed by atoms with Crippen LogP contribution in [0.15, 0.2) is 41.7 Å². The number of aromatic nitrogens is 2. The summed E-state index contributed by atoms with van der Waals surface area (Å²) in [6.45, 7) is 2.04. The Balaban J connectivity index is 1.67. The first-order chi connectivity index (χ1) is 11.2. The van der Waals surface area contributed by atoms with Crippen molar-refractivity contribution in [2.75, 3.05) is 20.1 Å². The van der Waals surface area contributed by atoms with Crippen molar-refractivity contribution in [2.24, 2.45) is 4.99 Å². The normalized spacial score (nSPS) is 11.5. The number of rotatable bonds is 7. The van der Waals surface area contributed by atoms with Gasteiger partial charge in [0.05, 0.1) is 0 Å². The molecule has 0 bridgehead atoms. The van der Waals surface area contributed by atoms with Crippen LogP contribution in [-0.4, -0.2) is 35.9 Å². The summed E-state index contributed by atoms with van der Waals surface area (Å²) in [5.41, 5.74) is 0.353. The molecule has 0 saturated carbocycles. The summed E-state index contributed by atoms with van der Waals surface area (Å²) in [4.78, 5) is 4.10. The standard InChI is InChI=1S/C16H21F2N5/c1-19-16(20-7-2-10-23-11-3-8-22-23)21-9-6-13-12-14(17)4-5-15(13)18/h3-5,8,11-12H,2,6-7,9-10H2,1H3,(H2,19,20,21). The highest BCUT2D eigenvalue weighted by atomic mass is 19.1. The van der Waals surface area contributed by atoms with Gasteiger partial charge in [0.25, 0.3) is 0 Å². The molecule has 5 nitrogen and oxygen atoms in total. The summed E-state index contributed by atoms with van der Waals surface area (Å²) in [5, 5.41) is 10.4. The zero-order valence-electron chi connectivity index (χ0n) is 13.1. The van der Waals surface area contributed by atoms with Gasteiger partial charge in [0, 0.05) is 39.1 Å². The Labute approximate surface area is 134 Å². The number of nitrogens with one attached hydrogen (secondary N) is 2. The summed E-state index contributed by atoms with van der Waals surface area (Å²) in [6.07, 6.45) is 4.96. The fourth-order valence-corrected chi connectivity index (χ4v) is 2.15. The van der Waals surface area contributed by atoms with Crippen LogP contribution in [0.3, 0.4) is 0 Å². The Hall–Kier alpha value is -2.44. The van der Waals surface area contributed by atoms with Crippen LogP contribution < -0.4 is 10.6 Å². The van der Waals surface area contributed by atoms with Gasteiger partial charge in [-0.3, -0.25) is 9.67 Å². The van der Waals surface area contributed by atoms with Crippen LogP contribution in [0.2, 0.25) is 0 Å². The third-order valence-corrected chi connectivity index (χ3v) is 3.33. The third kappa shape index (κ3) is 5.69. The van der Waals surface area contributed by atoms with Crippen molar-refractivity contribution in [1.29, 1.82) is 0 Å². The lowest BCUT2D eigenvalue weighted by Crippen LogP contribution is -2.39. The van der Waals surface area contributed by atoms with Gasteiger partial charge in [-0.2, -0.15) is 5.10 Å². The second kappa shape index (κ2) is 8.87. The fraction of sp³-hybridized carbons (Fsp3) is 0.375. The topological polar surface area (TPSA) is 54.2 Å². The molecule has 0 atom stereocenters. The van der Waals surface area contributed by atoms with Gasteiger partial charge in [0.2, 0.25) is 0 Å². The Morgan fingerprint density at radius 3 is 2.83 bits per heavy atom. The average Bonchev–Trinajstić information content (AvgIpc) is 3.06. The minimum absolute atomic E-state index is 0.353. The zero-order chi connectivity index (χ0) is 16.5. The van der Waals surface area contributed by atoms with Crippen molar-refractivity contribution in [3.63, 3.8) is 0 Å². The van der Waals surface area contributed by atoms with E-state index in [0.29, 0.717) is 24.5 Å². The van der Waals surface area contributed by atoms with E-state index in [2.05, 4.69) is 20.7 Å². The van der Waals surface area contributed by atoms with Gasteiger partial charge in [-0.25, -0.2) is 8.78 Å². The van der Waals surface area contributed by atoms with E-state index in [9.17, 15) is 8.78 Å². The molecule has 0 aliphatic carbocycles. The molecule has 2 N–H and O–H groups in total. The first-order valence-corrected chi connectivity index (χ1v) is 7.55. The molecule has 0 fully saturated rings. The largest absolute Gasteiger partial charge is 0.356 e. The van der Waals surface area contributed by atoms with Gasteiger partial charge in [-0.05, 0) is 42.7 Å². The number of halogens is 2. The number of aliphatic imine (C=N–C) groups is 1. The van der Waals surface area contributed by atoms with Crippen molar-refractivity contribution in [3.05, 3.63) is 53.9 Å². The van der Waals surface area contributed by atoms with Crippen molar-refractivity contribution in [2.45, 2.75) is 19.4 Å². The Morgan fingerprint density at radius 2 is 2.09 bits per heavy atom. The van der Waals surface area contributed by atoms with Crippen LogP contribution in [0.4, 0.5) is 8.78 Å². The lowest BCUT2D eigenvalue weighted by atomic mass is 10.1. The molecule has 0 amide bonds. The molecule has 1 heterocycles. The van der Waals surface area contributed by atoms with E-state index in [0.717, 1.165) is 31.6 Å². The maximum Gasteiger partial charge on any atom is 0.190 e. The third-order valence-electron chi connectivity index (χ3n) is 3.33. The average molecular weight is 321 g/mol. The number of benzene rings is 1. The summed E-state index contributed by atoms with van der Waals surface area (Å²) in [5.74, 6) is -0.180. The zero-order valence-corrected chi connectivity index (χ0v) is 13.1. The SMILES string of the molecule is CN=C(NCCCn1cccn1)NCCc1cc(F)ccc1F. The van der Waals surface area contributed by atoms with Gasteiger partial charge in [-0.1, -0.05) is 0 Å². The molecule has 1 aromatic carbocycles. The van der Waals surface area contributed by atoms with E-state index in [1.54, 1.807) is 13.2 Å². The Morgan fingerprint density at radius 1 is 1.26 bits per heavy atom. The molecule has 23 heavy (non-hydrogen) atoms. The summed E-state index contributed by atoms with van der Waals surface area (Å²) >= 11 is 0. The summed E-state index contributed by atoms with van der Waals surface area (Å²) in [6, 6.07) is 5.37. The minimum Gasteiger partial charge on any atom is -0.356 e. The number of nitrogens with zero attached hydrogens (tertiary/aromatic N) is 3. The molecule has 1 aromatic heterocycles. The van der Waals surface area contributed by atoms with E-state index in [-0.39, 0.29) is 0 Å². The van der Waals surface area contributed by atoms with E-state index in [1.165, 1.54) is 6.07 Å². The molecule has 124 valence electrons. The monoisotopic (exact) mass is 321 g/mol. The quantitative estimate of drug-likeness (QED) is 0.466. The molecular formula is C16H21F2N5. The maximum atomic E-state index is 13.5. The van der Waals surface area contributed by atoms with E-state index >= 15 is 0 Å². The highest BCUT2D eigenvalue weighted by Gasteiger charge is 2.04. The first kappa shape index (κ1) is 16.9. The highest BCUT2D eigenvalue weighted by molar-refractivity contribution is 5.79. The molecule has 0 radical (unpaired) electrons. The predicted octanol–water partition coefficient (Wildman–Crippen LogP) is 1.96. The Kier molecular flexibility index (Phi) is 6.53. The van der Waals surface area contributed by atoms with E-state index in [4.69, 9.17) is 0 Å².